The highest BCUT2D eigenvalue weighted by Crippen LogP contribution is 2.35. The van der Waals surface area contributed by atoms with Gasteiger partial charge in [0.05, 0.1) is 18.1 Å². The lowest BCUT2D eigenvalue weighted by Crippen LogP contribution is -2.40. The first-order valence-corrected chi connectivity index (χ1v) is 9.35. The first-order chi connectivity index (χ1) is 14.1. The number of H-pyrrole nitrogens is 1. The molecule has 2 aromatic heterocycles. The van der Waals surface area contributed by atoms with E-state index in [0.29, 0.717) is 17.8 Å². The predicted molar refractivity (Wildman–Crippen MR) is 109 cm³/mol. The van der Waals surface area contributed by atoms with Crippen LogP contribution in [0.4, 0.5) is 14.9 Å². The Bertz CT molecular complexity index is 1220. The smallest absolute Gasteiger partial charge is 0.313 e. The number of hydrogen-bond acceptors (Lipinski definition) is 3. The molecule has 4 aromatic rings. The zero-order chi connectivity index (χ0) is 20.0. The summed E-state index contributed by atoms with van der Waals surface area (Å²) < 4.78 is 13.6. The van der Waals surface area contributed by atoms with E-state index in [-0.39, 0.29) is 12.1 Å². The molecule has 0 radical (unpaired) electrons. The Kier molecular flexibility index (Phi) is 4.01. The van der Waals surface area contributed by atoms with Crippen LogP contribution in [-0.4, -0.2) is 26.1 Å². The Morgan fingerprint density at radius 1 is 1.14 bits per heavy atom. The molecule has 2 aromatic carbocycles. The highest BCUT2D eigenvalue weighted by Gasteiger charge is 2.28. The van der Waals surface area contributed by atoms with Gasteiger partial charge in [0.25, 0.3) is 0 Å². The zero-order valence-corrected chi connectivity index (χ0v) is 15.7. The number of aromatic nitrogens is 3. The van der Waals surface area contributed by atoms with Gasteiger partial charge in [0.1, 0.15) is 5.69 Å². The van der Waals surface area contributed by atoms with Crippen molar-refractivity contribution in [3.05, 3.63) is 77.9 Å². The van der Waals surface area contributed by atoms with Gasteiger partial charge < -0.3 is 10.2 Å². The van der Waals surface area contributed by atoms with Crippen molar-refractivity contribution in [2.75, 3.05) is 5.32 Å². The Hall–Kier alpha value is -3.74. The molecule has 6 nitrogen and oxygen atoms in total. The molecule has 7 heteroatoms. The number of aromatic amines is 1. The number of anilines is 1. The van der Waals surface area contributed by atoms with Crippen LogP contribution in [0.5, 0.6) is 0 Å². The highest BCUT2D eigenvalue weighted by molar-refractivity contribution is 6.00. The van der Waals surface area contributed by atoms with Crippen LogP contribution in [0.3, 0.4) is 0 Å². The van der Waals surface area contributed by atoms with Crippen LogP contribution < -0.4 is 5.32 Å². The number of rotatable bonds is 3. The van der Waals surface area contributed by atoms with Crippen LogP contribution in [-0.2, 0) is 6.54 Å². The van der Waals surface area contributed by atoms with Gasteiger partial charge in [-0.3, -0.25) is 5.10 Å². The molecule has 144 valence electrons. The highest BCUT2D eigenvalue weighted by atomic mass is 19.1. The standard InChI is InChI=1S/C22H18FN5O/c1-13(14-5-3-2-4-6-14)28-12-16-9-17-19(11-18(16)25-22(28)29)26-27-21(17)15-7-8-24-20(23)10-15/h2-11,13H,12H2,1H3,(H,25,29)(H,26,27). The topological polar surface area (TPSA) is 73.9 Å². The van der Waals surface area contributed by atoms with Gasteiger partial charge in [-0.05, 0) is 36.2 Å². The normalized spacial score (nSPS) is 14.6. The molecule has 5 rings (SSSR count). The maximum absolute atomic E-state index is 13.6. The number of halogens is 1. The summed E-state index contributed by atoms with van der Waals surface area (Å²) in [5.74, 6) is -0.549. The Morgan fingerprint density at radius 2 is 1.97 bits per heavy atom. The number of fused-ring (bicyclic) bond motifs is 2. The van der Waals surface area contributed by atoms with E-state index in [4.69, 9.17) is 0 Å². The third-order valence-corrected chi connectivity index (χ3v) is 5.38. The first kappa shape index (κ1) is 17.4. The van der Waals surface area contributed by atoms with Gasteiger partial charge in [0, 0.05) is 28.9 Å². The third kappa shape index (κ3) is 3.00. The Morgan fingerprint density at radius 3 is 2.76 bits per heavy atom. The number of nitrogens with one attached hydrogen (secondary N) is 2. The monoisotopic (exact) mass is 387 g/mol. The number of hydrogen-bond donors (Lipinski definition) is 2. The number of nitrogens with zero attached hydrogens (tertiary/aromatic N) is 3. The molecule has 2 N–H and O–H groups in total. The molecule has 1 atom stereocenters. The fourth-order valence-corrected chi connectivity index (χ4v) is 3.79. The van der Waals surface area contributed by atoms with E-state index in [2.05, 4.69) is 20.5 Å². The lowest BCUT2D eigenvalue weighted by atomic mass is 10.0. The Balaban J connectivity index is 1.55. The molecule has 3 heterocycles. The average Bonchev–Trinajstić information content (AvgIpc) is 3.14. The summed E-state index contributed by atoms with van der Waals surface area (Å²) in [5, 5.41) is 11.2. The summed E-state index contributed by atoms with van der Waals surface area (Å²) >= 11 is 0. The van der Waals surface area contributed by atoms with Crippen molar-refractivity contribution in [1.29, 1.82) is 0 Å². The molecular formula is C22H18FN5O. The van der Waals surface area contributed by atoms with E-state index in [0.717, 1.165) is 27.7 Å². The molecule has 0 aliphatic carbocycles. The molecule has 1 unspecified atom stereocenters. The van der Waals surface area contributed by atoms with E-state index in [9.17, 15) is 9.18 Å². The van der Waals surface area contributed by atoms with Crippen molar-refractivity contribution >= 4 is 22.6 Å². The van der Waals surface area contributed by atoms with E-state index >= 15 is 0 Å². The van der Waals surface area contributed by atoms with Crippen molar-refractivity contribution in [1.82, 2.24) is 20.1 Å². The maximum atomic E-state index is 13.6. The van der Waals surface area contributed by atoms with Gasteiger partial charge in [-0.1, -0.05) is 30.3 Å². The predicted octanol–water partition coefficient (Wildman–Crippen LogP) is 4.87. The van der Waals surface area contributed by atoms with Crippen molar-refractivity contribution < 1.29 is 9.18 Å². The molecule has 1 aliphatic rings. The molecule has 29 heavy (non-hydrogen) atoms. The maximum Gasteiger partial charge on any atom is 0.322 e. The number of urea groups is 1. The molecule has 0 saturated carbocycles. The van der Waals surface area contributed by atoms with Gasteiger partial charge in [0.2, 0.25) is 5.95 Å². The number of carbonyl (C=O) groups is 1. The second-order valence-electron chi connectivity index (χ2n) is 7.14. The fraction of sp³-hybridized carbons (Fsp3) is 0.136. The van der Waals surface area contributed by atoms with Crippen LogP contribution in [0, 0.1) is 5.95 Å². The van der Waals surface area contributed by atoms with Gasteiger partial charge in [-0.25, -0.2) is 9.78 Å². The summed E-state index contributed by atoms with van der Waals surface area (Å²) in [6.07, 6.45) is 1.42. The average molecular weight is 387 g/mol. The van der Waals surface area contributed by atoms with Crippen molar-refractivity contribution in [2.45, 2.75) is 19.5 Å². The van der Waals surface area contributed by atoms with E-state index in [1.165, 1.54) is 12.3 Å². The molecular weight excluding hydrogens is 369 g/mol. The Labute approximate surface area is 166 Å². The number of carbonyl (C=O) groups excluding carboxylic acids is 1. The first-order valence-electron chi connectivity index (χ1n) is 9.35. The van der Waals surface area contributed by atoms with Gasteiger partial charge in [-0.2, -0.15) is 9.49 Å². The zero-order valence-electron chi connectivity index (χ0n) is 15.7. The van der Waals surface area contributed by atoms with Crippen molar-refractivity contribution in [3.63, 3.8) is 0 Å². The van der Waals surface area contributed by atoms with Crippen molar-refractivity contribution in [3.8, 4) is 11.3 Å². The van der Waals surface area contributed by atoms with Crippen LogP contribution in [0.25, 0.3) is 22.2 Å². The minimum absolute atomic E-state index is 0.0711. The van der Waals surface area contributed by atoms with E-state index in [1.807, 2.05) is 49.4 Å². The molecule has 0 bridgehead atoms. The summed E-state index contributed by atoms with van der Waals surface area (Å²) in [4.78, 5) is 18.1. The number of benzene rings is 2. The van der Waals surface area contributed by atoms with Crippen LogP contribution in [0.2, 0.25) is 0 Å². The van der Waals surface area contributed by atoms with Crippen molar-refractivity contribution in [2.24, 2.45) is 0 Å². The van der Waals surface area contributed by atoms with Crippen LogP contribution in [0.15, 0.2) is 60.8 Å². The summed E-state index contributed by atoms with van der Waals surface area (Å²) in [6.45, 7) is 2.49. The molecule has 1 aliphatic heterocycles. The second-order valence-corrected chi connectivity index (χ2v) is 7.14. The molecule has 0 spiro atoms. The lowest BCUT2D eigenvalue weighted by molar-refractivity contribution is 0.186. The summed E-state index contributed by atoms with van der Waals surface area (Å²) in [7, 11) is 0. The second kappa shape index (κ2) is 6.70. The van der Waals surface area contributed by atoms with E-state index in [1.54, 1.807) is 11.0 Å². The van der Waals surface area contributed by atoms with Crippen LogP contribution >= 0.6 is 0 Å². The molecule has 2 amide bonds. The summed E-state index contributed by atoms with van der Waals surface area (Å²) in [5.41, 5.74) is 4.90. The van der Waals surface area contributed by atoms with E-state index < -0.39 is 5.95 Å². The molecule has 0 saturated heterocycles. The van der Waals surface area contributed by atoms with Gasteiger partial charge in [-0.15, -0.1) is 0 Å². The number of pyridine rings is 1. The summed E-state index contributed by atoms with van der Waals surface area (Å²) in [6, 6.07) is 16.7. The number of amides is 2. The minimum atomic E-state index is -0.549. The molecule has 0 fully saturated rings. The largest absolute Gasteiger partial charge is 0.322 e. The lowest BCUT2D eigenvalue weighted by Gasteiger charge is -2.34. The minimum Gasteiger partial charge on any atom is -0.313 e. The SMILES string of the molecule is CC(c1ccccc1)N1Cc2cc3c(-c4ccnc(F)c4)n[nH]c3cc2NC1=O. The van der Waals surface area contributed by atoms with Crippen LogP contribution in [0.1, 0.15) is 24.1 Å². The van der Waals surface area contributed by atoms with Gasteiger partial charge in [0.15, 0.2) is 0 Å². The van der Waals surface area contributed by atoms with Gasteiger partial charge >= 0.3 is 6.03 Å². The third-order valence-electron chi connectivity index (χ3n) is 5.38. The fourth-order valence-electron chi connectivity index (χ4n) is 3.79. The quantitative estimate of drug-likeness (QED) is 0.493.